The number of hydrogen-bond acceptors (Lipinski definition) is 5. The molecule has 0 radical (unpaired) electrons. The second-order valence-corrected chi connectivity index (χ2v) is 5.77. The van der Waals surface area contributed by atoms with E-state index >= 15 is 0 Å². The average molecular weight is 287 g/mol. The minimum absolute atomic E-state index is 0.0814. The van der Waals surface area contributed by atoms with Gasteiger partial charge in [0.2, 0.25) is 0 Å². The molecule has 0 amide bonds. The van der Waals surface area contributed by atoms with Gasteiger partial charge in [-0.25, -0.2) is 4.98 Å². The van der Waals surface area contributed by atoms with Crippen LogP contribution in [0, 0.1) is 18.3 Å². The molecule has 104 valence electrons. The zero-order valence-electron chi connectivity index (χ0n) is 11.6. The summed E-state index contributed by atoms with van der Waals surface area (Å²) in [5.74, 6) is 0.721. The second kappa shape index (κ2) is 7.04. The molecule has 1 heterocycles. The summed E-state index contributed by atoms with van der Waals surface area (Å²) in [5, 5.41) is 13.0. The number of aromatic nitrogens is 1. The number of nitrogens with one attached hydrogen (secondary N) is 1. The number of thiazole rings is 1. The zero-order chi connectivity index (χ0) is 14.4. The normalized spacial score (nSPS) is 11.8. The van der Waals surface area contributed by atoms with Gasteiger partial charge in [-0.2, -0.15) is 5.26 Å². The third kappa shape index (κ3) is 4.05. The van der Waals surface area contributed by atoms with Crippen LogP contribution in [0.3, 0.4) is 0 Å². The van der Waals surface area contributed by atoms with E-state index in [1.807, 2.05) is 36.5 Å². The predicted molar refractivity (Wildman–Crippen MR) is 79.7 cm³/mol. The molecule has 0 aliphatic carbocycles. The van der Waals surface area contributed by atoms with Crippen LogP contribution in [0.15, 0.2) is 30.5 Å². The molecule has 1 aromatic heterocycles. The van der Waals surface area contributed by atoms with Crippen LogP contribution in [-0.4, -0.2) is 11.6 Å². The highest BCUT2D eigenvalue weighted by molar-refractivity contribution is 7.11. The highest BCUT2D eigenvalue weighted by Crippen LogP contribution is 2.19. The number of ether oxygens (including phenoxy) is 1. The SMILES string of the molecule is Cc1cnc(C(C)NCc2ccc(OCC#N)cc2)s1. The Hall–Kier alpha value is -1.90. The van der Waals surface area contributed by atoms with E-state index in [0.29, 0.717) is 0 Å². The Bertz CT molecular complexity index is 586. The van der Waals surface area contributed by atoms with Gasteiger partial charge in [0.05, 0.1) is 6.04 Å². The summed E-state index contributed by atoms with van der Waals surface area (Å²) in [6.45, 7) is 5.03. The number of rotatable bonds is 6. The summed E-state index contributed by atoms with van der Waals surface area (Å²) in [4.78, 5) is 5.61. The monoisotopic (exact) mass is 287 g/mol. The number of nitrogens with zero attached hydrogens (tertiary/aromatic N) is 2. The van der Waals surface area contributed by atoms with Gasteiger partial charge in [-0.3, -0.25) is 0 Å². The van der Waals surface area contributed by atoms with Crippen molar-refractivity contribution in [3.05, 3.63) is 45.9 Å². The van der Waals surface area contributed by atoms with Crippen molar-refractivity contribution in [2.45, 2.75) is 26.4 Å². The Morgan fingerprint density at radius 2 is 2.15 bits per heavy atom. The molecular weight excluding hydrogens is 270 g/mol. The van der Waals surface area contributed by atoms with Gasteiger partial charge in [0.1, 0.15) is 16.8 Å². The zero-order valence-corrected chi connectivity index (χ0v) is 12.4. The van der Waals surface area contributed by atoms with Crippen LogP contribution < -0.4 is 10.1 Å². The summed E-state index contributed by atoms with van der Waals surface area (Å²) in [6, 6.07) is 9.95. The Labute approximate surface area is 123 Å². The van der Waals surface area contributed by atoms with Crippen LogP contribution in [0.2, 0.25) is 0 Å². The maximum Gasteiger partial charge on any atom is 0.174 e. The highest BCUT2D eigenvalue weighted by Gasteiger charge is 2.08. The predicted octanol–water partition coefficient (Wildman–Crippen LogP) is 3.20. The average Bonchev–Trinajstić information content (AvgIpc) is 2.90. The van der Waals surface area contributed by atoms with E-state index in [1.54, 1.807) is 11.3 Å². The minimum Gasteiger partial charge on any atom is -0.479 e. The van der Waals surface area contributed by atoms with Gasteiger partial charge in [0, 0.05) is 17.6 Å². The van der Waals surface area contributed by atoms with Gasteiger partial charge in [0.15, 0.2) is 6.61 Å². The summed E-state index contributed by atoms with van der Waals surface area (Å²) in [5.41, 5.74) is 1.18. The fraction of sp³-hybridized carbons (Fsp3) is 0.333. The quantitative estimate of drug-likeness (QED) is 0.886. The number of hydrogen-bond donors (Lipinski definition) is 1. The van der Waals surface area contributed by atoms with Crippen molar-refractivity contribution >= 4 is 11.3 Å². The van der Waals surface area contributed by atoms with E-state index in [-0.39, 0.29) is 12.6 Å². The molecule has 1 N–H and O–H groups in total. The second-order valence-electron chi connectivity index (χ2n) is 4.50. The van der Waals surface area contributed by atoms with Crippen molar-refractivity contribution in [2.75, 3.05) is 6.61 Å². The van der Waals surface area contributed by atoms with Gasteiger partial charge in [-0.1, -0.05) is 12.1 Å². The van der Waals surface area contributed by atoms with Gasteiger partial charge >= 0.3 is 0 Å². The molecule has 1 unspecified atom stereocenters. The molecule has 0 bridgehead atoms. The van der Waals surface area contributed by atoms with Crippen LogP contribution in [0.5, 0.6) is 5.75 Å². The van der Waals surface area contributed by atoms with Crippen molar-refractivity contribution in [1.29, 1.82) is 5.26 Å². The third-order valence-corrected chi connectivity index (χ3v) is 3.94. The van der Waals surface area contributed by atoms with Crippen molar-refractivity contribution in [2.24, 2.45) is 0 Å². The minimum atomic E-state index is 0.0814. The van der Waals surface area contributed by atoms with Gasteiger partial charge in [-0.15, -0.1) is 11.3 Å². The summed E-state index contributed by atoms with van der Waals surface area (Å²) in [6.07, 6.45) is 1.90. The smallest absolute Gasteiger partial charge is 0.174 e. The molecule has 5 heteroatoms. The first-order valence-corrected chi connectivity index (χ1v) is 7.25. The van der Waals surface area contributed by atoms with Crippen LogP contribution in [0.1, 0.15) is 28.4 Å². The standard InChI is InChI=1S/C15H17N3OS/c1-11-9-18-15(20-11)12(2)17-10-13-3-5-14(6-4-13)19-8-7-16/h3-6,9,12,17H,8,10H2,1-2H3. The number of benzene rings is 1. The molecule has 0 saturated carbocycles. The Kier molecular flexibility index (Phi) is 5.10. The van der Waals surface area contributed by atoms with Crippen molar-refractivity contribution in [3.8, 4) is 11.8 Å². The van der Waals surface area contributed by atoms with Crippen LogP contribution >= 0.6 is 11.3 Å². The van der Waals surface area contributed by atoms with E-state index < -0.39 is 0 Å². The van der Waals surface area contributed by atoms with Crippen molar-refractivity contribution < 1.29 is 4.74 Å². The van der Waals surface area contributed by atoms with Crippen molar-refractivity contribution in [3.63, 3.8) is 0 Å². The maximum absolute atomic E-state index is 8.45. The first-order valence-electron chi connectivity index (χ1n) is 6.43. The molecule has 0 saturated heterocycles. The fourth-order valence-corrected chi connectivity index (χ4v) is 2.55. The molecule has 4 nitrogen and oxygen atoms in total. The largest absolute Gasteiger partial charge is 0.479 e. The summed E-state index contributed by atoms with van der Waals surface area (Å²) < 4.78 is 5.22. The number of aryl methyl sites for hydroxylation is 1. The third-order valence-electron chi connectivity index (χ3n) is 2.85. The van der Waals surface area contributed by atoms with E-state index in [4.69, 9.17) is 10.00 Å². The van der Waals surface area contributed by atoms with E-state index in [0.717, 1.165) is 17.3 Å². The van der Waals surface area contributed by atoms with Crippen molar-refractivity contribution in [1.82, 2.24) is 10.3 Å². The lowest BCUT2D eigenvalue weighted by Crippen LogP contribution is -2.17. The molecule has 2 rings (SSSR count). The Balaban J connectivity index is 1.86. The highest BCUT2D eigenvalue weighted by atomic mass is 32.1. The van der Waals surface area contributed by atoms with Gasteiger partial charge in [0.25, 0.3) is 0 Å². The van der Waals surface area contributed by atoms with E-state index in [9.17, 15) is 0 Å². The summed E-state index contributed by atoms with van der Waals surface area (Å²) >= 11 is 1.72. The Morgan fingerprint density at radius 3 is 2.75 bits per heavy atom. The lowest BCUT2D eigenvalue weighted by atomic mass is 10.2. The molecule has 0 spiro atoms. The maximum atomic E-state index is 8.45. The molecule has 20 heavy (non-hydrogen) atoms. The molecular formula is C15H17N3OS. The lowest BCUT2D eigenvalue weighted by molar-refractivity contribution is 0.368. The topological polar surface area (TPSA) is 57.9 Å². The van der Waals surface area contributed by atoms with Crippen LogP contribution in [0.25, 0.3) is 0 Å². The molecule has 0 aliphatic heterocycles. The van der Waals surface area contributed by atoms with Gasteiger partial charge < -0.3 is 10.1 Å². The molecule has 0 fully saturated rings. The first kappa shape index (κ1) is 14.5. The lowest BCUT2D eigenvalue weighted by Gasteiger charge is -2.11. The number of nitriles is 1. The van der Waals surface area contributed by atoms with E-state index in [1.165, 1.54) is 10.4 Å². The molecule has 0 aliphatic rings. The molecule has 2 aromatic rings. The fourth-order valence-electron chi connectivity index (χ4n) is 1.75. The van der Waals surface area contributed by atoms with Crippen LogP contribution in [0.4, 0.5) is 0 Å². The molecule has 1 aromatic carbocycles. The Morgan fingerprint density at radius 1 is 1.40 bits per heavy atom. The molecule has 1 atom stereocenters. The van der Waals surface area contributed by atoms with E-state index in [2.05, 4.69) is 24.1 Å². The van der Waals surface area contributed by atoms with Crippen LogP contribution in [-0.2, 0) is 6.54 Å². The van der Waals surface area contributed by atoms with Gasteiger partial charge in [-0.05, 0) is 31.5 Å². The first-order chi connectivity index (χ1) is 9.69. The summed E-state index contributed by atoms with van der Waals surface area (Å²) in [7, 11) is 0.